The highest BCUT2D eigenvalue weighted by Gasteiger charge is 2.03. The zero-order valence-electron chi connectivity index (χ0n) is 7.30. The monoisotopic (exact) mass is 195 g/mol. The molecular weight excluding hydrogens is 185 g/mol. The molecule has 1 aromatic carbocycles. The van der Waals surface area contributed by atoms with Crippen LogP contribution in [-0.4, -0.2) is 7.05 Å². The number of benzene rings is 1. The van der Waals surface area contributed by atoms with Crippen LogP contribution in [0.25, 0.3) is 10.1 Å². The van der Waals surface area contributed by atoms with E-state index in [0.29, 0.717) is 0 Å². The molecule has 0 bridgehead atoms. The zero-order valence-corrected chi connectivity index (χ0v) is 8.12. The lowest BCUT2D eigenvalue weighted by Crippen LogP contribution is -2.03. The highest BCUT2D eigenvalue weighted by Crippen LogP contribution is 2.26. The quantitative estimate of drug-likeness (QED) is 0.777. The lowest BCUT2D eigenvalue weighted by Gasteiger charge is -1.97. The van der Waals surface area contributed by atoms with E-state index < -0.39 is 0 Å². The van der Waals surface area contributed by atoms with Gasteiger partial charge >= 0.3 is 0 Å². The molecule has 0 radical (unpaired) electrons. The fourth-order valence-electron chi connectivity index (χ4n) is 1.38. The maximum Gasteiger partial charge on any atom is 0.123 e. The average molecular weight is 195 g/mol. The van der Waals surface area contributed by atoms with Gasteiger partial charge in [-0.3, -0.25) is 0 Å². The summed E-state index contributed by atoms with van der Waals surface area (Å²) in [6.45, 7) is 0.795. The van der Waals surface area contributed by atoms with Gasteiger partial charge in [-0.2, -0.15) is 0 Å². The predicted molar refractivity (Wildman–Crippen MR) is 54.5 cm³/mol. The van der Waals surface area contributed by atoms with E-state index >= 15 is 0 Å². The highest BCUT2D eigenvalue weighted by molar-refractivity contribution is 7.17. The second-order valence-electron chi connectivity index (χ2n) is 2.93. The predicted octanol–water partition coefficient (Wildman–Crippen LogP) is 2.76. The summed E-state index contributed by atoms with van der Waals surface area (Å²) >= 11 is 1.66. The highest BCUT2D eigenvalue weighted by atomic mass is 32.1. The van der Waals surface area contributed by atoms with Crippen molar-refractivity contribution in [3.8, 4) is 0 Å². The van der Waals surface area contributed by atoms with Crippen LogP contribution in [0.15, 0.2) is 23.6 Å². The summed E-state index contributed by atoms with van der Waals surface area (Å²) in [6, 6.07) is 4.93. The number of hydrogen-bond acceptors (Lipinski definition) is 2. The Balaban J connectivity index is 2.58. The summed E-state index contributed by atoms with van der Waals surface area (Å²) in [4.78, 5) is 0. The Morgan fingerprint density at radius 1 is 1.46 bits per heavy atom. The molecule has 1 nitrogen and oxygen atoms in total. The third-order valence-corrected chi connectivity index (χ3v) is 3.00. The molecule has 0 amide bonds. The van der Waals surface area contributed by atoms with Gasteiger partial charge in [-0.25, -0.2) is 4.39 Å². The van der Waals surface area contributed by atoms with Gasteiger partial charge in [0.25, 0.3) is 0 Å². The van der Waals surface area contributed by atoms with Crippen LogP contribution in [0.2, 0.25) is 0 Å². The molecule has 1 N–H and O–H groups in total. The Hall–Kier alpha value is -0.930. The van der Waals surface area contributed by atoms with Crippen LogP contribution in [0.5, 0.6) is 0 Å². The van der Waals surface area contributed by atoms with Crippen LogP contribution < -0.4 is 5.32 Å². The van der Waals surface area contributed by atoms with Crippen LogP contribution in [0.3, 0.4) is 0 Å². The van der Waals surface area contributed by atoms with Gasteiger partial charge in [0.15, 0.2) is 0 Å². The molecule has 0 aliphatic heterocycles. The summed E-state index contributed by atoms with van der Waals surface area (Å²) in [5, 5.41) is 6.16. The Morgan fingerprint density at radius 3 is 3.08 bits per heavy atom. The van der Waals surface area contributed by atoms with E-state index in [1.807, 2.05) is 13.1 Å². The topological polar surface area (TPSA) is 12.0 Å². The number of rotatable bonds is 2. The van der Waals surface area contributed by atoms with Crippen LogP contribution in [-0.2, 0) is 6.54 Å². The number of hydrogen-bond donors (Lipinski definition) is 1. The number of nitrogens with one attached hydrogen (secondary N) is 1. The maximum absolute atomic E-state index is 12.9. The molecule has 0 aliphatic carbocycles. The first-order valence-corrected chi connectivity index (χ1v) is 4.99. The Kier molecular flexibility index (Phi) is 2.29. The smallest absolute Gasteiger partial charge is 0.123 e. The van der Waals surface area contributed by atoms with Crippen molar-refractivity contribution in [1.29, 1.82) is 0 Å². The minimum absolute atomic E-state index is 0.164. The Bertz CT molecular complexity index is 422. The molecule has 68 valence electrons. The molecule has 0 saturated heterocycles. The van der Waals surface area contributed by atoms with E-state index in [4.69, 9.17) is 0 Å². The Morgan fingerprint density at radius 2 is 2.31 bits per heavy atom. The van der Waals surface area contributed by atoms with Crippen LogP contribution in [0.4, 0.5) is 4.39 Å². The molecular formula is C10H10FNS. The second kappa shape index (κ2) is 3.44. The summed E-state index contributed by atoms with van der Waals surface area (Å²) in [5.41, 5.74) is 1.17. The van der Waals surface area contributed by atoms with Gasteiger partial charge < -0.3 is 5.32 Å². The molecule has 1 heterocycles. The first-order valence-electron chi connectivity index (χ1n) is 4.11. The summed E-state index contributed by atoms with van der Waals surface area (Å²) in [7, 11) is 1.89. The van der Waals surface area contributed by atoms with Crippen molar-refractivity contribution in [2.75, 3.05) is 7.05 Å². The van der Waals surface area contributed by atoms with Gasteiger partial charge in [-0.05, 0) is 41.6 Å². The largest absolute Gasteiger partial charge is 0.316 e. The molecule has 3 heteroatoms. The van der Waals surface area contributed by atoms with Gasteiger partial charge in [0.1, 0.15) is 5.82 Å². The molecule has 2 rings (SSSR count). The maximum atomic E-state index is 12.9. The molecule has 0 saturated carbocycles. The van der Waals surface area contributed by atoms with Gasteiger partial charge in [-0.15, -0.1) is 11.3 Å². The van der Waals surface area contributed by atoms with Gasteiger partial charge in [0, 0.05) is 11.2 Å². The van der Waals surface area contributed by atoms with Crippen molar-refractivity contribution in [2.45, 2.75) is 6.54 Å². The molecule has 2 aromatic rings. The third-order valence-electron chi connectivity index (χ3n) is 1.98. The van der Waals surface area contributed by atoms with Crippen LogP contribution in [0, 0.1) is 5.82 Å². The van der Waals surface area contributed by atoms with E-state index in [1.54, 1.807) is 17.4 Å². The lowest BCUT2D eigenvalue weighted by molar-refractivity contribution is 0.629. The van der Waals surface area contributed by atoms with Crippen molar-refractivity contribution >= 4 is 21.4 Å². The summed E-state index contributed by atoms with van der Waals surface area (Å²) in [6.07, 6.45) is 0. The van der Waals surface area contributed by atoms with Crippen LogP contribution in [0.1, 0.15) is 5.56 Å². The average Bonchev–Trinajstić information content (AvgIpc) is 2.49. The molecule has 1 aromatic heterocycles. The van der Waals surface area contributed by atoms with Crippen molar-refractivity contribution in [1.82, 2.24) is 5.32 Å². The molecule has 0 spiro atoms. The van der Waals surface area contributed by atoms with E-state index in [0.717, 1.165) is 16.6 Å². The third kappa shape index (κ3) is 1.57. The fourth-order valence-corrected chi connectivity index (χ4v) is 2.32. The van der Waals surface area contributed by atoms with E-state index in [1.165, 1.54) is 11.6 Å². The lowest BCUT2D eigenvalue weighted by atomic mass is 10.2. The standard InChI is InChI=1S/C10H10FNS/c1-12-5-7-6-13-10-3-2-8(11)4-9(7)10/h2-4,6,12H,5H2,1H3. The van der Waals surface area contributed by atoms with E-state index in [2.05, 4.69) is 10.7 Å². The van der Waals surface area contributed by atoms with Crippen molar-refractivity contribution in [2.24, 2.45) is 0 Å². The second-order valence-corrected chi connectivity index (χ2v) is 3.84. The summed E-state index contributed by atoms with van der Waals surface area (Å²) in [5.74, 6) is -0.164. The van der Waals surface area contributed by atoms with Crippen LogP contribution >= 0.6 is 11.3 Å². The van der Waals surface area contributed by atoms with Crippen molar-refractivity contribution in [3.05, 3.63) is 35.0 Å². The SMILES string of the molecule is CNCc1csc2ccc(F)cc12. The first-order chi connectivity index (χ1) is 6.31. The normalized spacial score (nSPS) is 10.9. The molecule has 0 fully saturated rings. The van der Waals surface area contributed by atoms with Gasteiger partial charge in [-0.1, -0.05) is 0 Å². The zero-order chi connectivity index (χ0) is 9.26. The van der Waals surface area contributed by atoms with E-state index in [-0.39, 0.29) is 5.82 Å². The number of thiophene rings is 1. The molecule has 13 heavy (non-hydrogen) atoms. The summed E-state index contributed by atoms with van der Waals surface area (Å²) < 4.78 is 14.1. The van der Waals surface area contributed by atoms with Gasteiger partial charge in [0.2, 0.25) is 0 Å². The fraction of sp³-hybridized carbons (Fsp3) is 0.200. The molecule has 0 atom stereocenters. The van der Waals surface area contributed by atoms with Crippen molar-refractivity contribution < 1.29 is 4.39 Å². The van der Waals surface area contributed by atoms with E-state index in [9.17, 15) is 4.39 Å². The van der Waals surface area contributed by atoms with Crippen molar-refractivity contribution in [3.63, 3.8) is 0 Å². The molecule has 0 unspecified atom stereocenters. The minimum Gasteiger partial charge on any atom is -0.316 e. The van der Waals surface area contributed by atoms with Gasteiger partial charge in [0.05, 0.1) is 0 Å². The molecule has 0 aliphatic rings. The minimum atomic E-state index is -0.164. The Labute approximate surface area is 80.2 Å². The number of fused-ring (bicyclic) bond motifs is 1. The first kappa shape index (κ1) is 8.66. The number of halogens is 1.